The largest absolute Gasteiger partial charge is 0.472 e. The predicted octanol–water partition coefficient (Wildman–Crippen LogP) is 22.7. The Morgan fingerprint density at radius 3 is 0.816 bits per heavy atom. The van der Waals surface area contributed by atoms with Crippen LogP contribution in [0.4, 0.5) is 0 Å². The normalized spacial score (nSPS) is 14.2. The number of phosphoric ester groups is 2. The van der Waals surface area contributed by atoms with Crippen LogP contribution < -0.4 is 0 Å². The SMILES string of the molecule is CC/C=C\C/C=C\C/C=C\C/C=C\C/C=C\CC(=O)OCC(COP(=O)(O)OCC(O)COP(=O)(O)OCC(COC(=O)CCCCCCCCCCCCCCCCC)OC(=O)CCCCCCCCCCCCCCC)OC(=O)CCCCCCCCCCCCCCCCC. The molecule has 19 heteroatoms. The van der Waals surface area contributed by atoms with Gasteiger partial charge < -0.3 is 33.8 Å². The van der Waals surface area contributed by atoms with Gasteiger partial charge >= 0.3 is 39.5 Å². The minimum Gasteiger partial charge on any atom is -0.462 e. The van der Waals surface area contributed by atoms with Gasteiger partial charge in [0, 0.05) is 19.3 Å². The van der Waals surface area contributed by atoms with Gasteiger partial charge in [0.2, 0.25) is 0 Å². The molecular formula is C79H144O17P2. The molecule has 0 saturated carbocycles. The second-order valence-electron chi connectivity index (χ2n) is 26.7. The molecule has 0 aromatic heterocycles. The van der Waals surface area contributed by atoms with E-state index < -0.39 is 97.5 Å². The van der Waals surface area contributed by atoms with E-state index in [-0.39, 0.29) is 25.7 Å². The summed E-state index contributed by atoms with van der Waals surface area (Å²) < 4.78 is 68.4. The molecule has 0 amide bonds. The highest BCUT2D eigenvalue weighted by Gasteiger charge is 2.30. The van der Waals surface area contributed by atoms with Crippen molar-refractivity contribution in [2.24, 2.45) is 0 Å². The average molecular weight is 1430 g/mol. The van der Waals surface area contributed by atoms with E-state index >= 15 is 0 Å². The monoisotopic (exact) mass is 1430 g/mol. The van der Waals surface area contributed by atoms with E-state index in [1.807, 2.05) is 18.2 Å². The summed E-state index contributed by atoms with van der Waals surface area (Å²) in [6.07, 6.45) is 70.9. The van der Waals surface area contributed by atoms with Crippen LogP contribution in [0.25, 0.3) is 0 Å². The maximum atomic E-state index is 13.1. The zero-order chi connectivity index (χ0) is 71.8. The molecule has 0 fully saturated rings. The summed E-state index contributed by atoms with van der Waals surface area (Å²) in [5.41, 5.74) is 0. The van der Waals surface area contributed by atoms with Crippen LogP contribution in [0.15, 0.2) is 60.8 Å². The Hall–Kier alpha value is -3.24. The number of aliphatic hydroxyl groups excluding tert-OH is 1. The molecule has 0 aliphatic heterocycles. The van der Waals surface area contributed by atoms with E-state index in [1.54, 1.807) is 6.08 Å². The van der Waals surface area contributed by atoms with Crippen molar-refractivity contribution < 1.29 is 80.2 Å². The molecule has 0 bridgehead atoms. The maximum Gasteiger partial charge on any atom is 0.472 e. The van der Waals surface area contributed by atoms with E-state index in [0.717, 1.165) is 96.3 Å². The first kappa shape index (κ1) is 94.8. The second kappa shape index (κ2) is 72.1. The topological polar surface area (TPSA) is 237 Å². The summed E-state index contributed by atoms with van der Waals surface area (Å²) in [6.45, 7) is 4.73. The highest BCUT2D eigenvalue weighted by atomic mass is 31.2. The van der Waals surface area contributed by atoms with Crippen molar-refractivity contribution in [2.45, 2.75) is 380 Å². The van der Waals surface area contributed by atoms with Gasteiger partial charge in [-0.05, 0) is 51.4 Å². The number of carbonyl (C=O) groups excluding carboxylic acids is 4. The summed E-state index contributed by atoms with van der Waals surface area (Å²) in [4.78, 5) is 72.8. The molecule has 0 aromatic rings. The fraction of sp³-hybridized carbons (Fsp3) is 0.823. The Balaban J connectivity index is 5.36. The van der Waals surface area contributed by atoms with Gasteiger partial charge in [0.25, 0.3) is 0 Å². The molecule has 0 spiro atoms. The fourth-order valence-corrected chi connectivity index (χ4v) is 12.6. The molecule has 0 rings (SSSR count). The van der Waals surface area contributed by atoms with Crippen LogP contribution in [-0.4, -0.2) is 96.7 Å². The minimum atomic E-state index is -4.98. The molecule has 3 N–H and O–H groups in total. The van der Waals surface area contributed by atoms with Crippen molar-refractivity contribution in [3.63, 3.8) is 0 Å². The van der Waals surface area contributed by atoms with E-state index in [4.69, 9.17) is 37.0 Å². The van der Waals surface area contributed by atoms with E-state index in [1.165, 1.54) is 186 Å². The molecule has 17 nitrogen and oxygen atoms in total. The quantitative estimate of drug-likeness (QED) is 0.0169. The van der Waals surface area contributed by atoms with Gasteiger partial charge in [0.1, 0.15) is 19.3 Å². The van der Waals surface area contributed by atoms with Crippen LogP contribution in [0, 0.1) is 0 Å². The van der Waals surface area contributed by atoms with Crippen molar-refractivity contribution in [1.29, 1.82) is 0 Å². The van der Waals surface area contributed by atoms with Gasteiger partial charge in [-0.3, -0.25) is 37.3 Å². The lowest BCUT2D eigenvalue weighted by Gasteiger charge is -2.21. The lowest BCUT2D eigenvalue weighted by Crippen LogP contribution is -2.30. The fourth-order valence-electron chi connectivity index (χ4n) is 11.1. The molecule has 0 aliphatic rings. The number of rotatable bonds is 75. The number of carbonyl (C=O) groups is 4. The third kappa shape index (κ3) is 71.2. The Kier molecular flexibility index (Phi) is 69.7. The summed E-state index contributed by atoms with van der Waals surface area (Å²) in [7, 11) is -9.95. The van der Waals surface area contributed by atoms with Crippen LogP contribution >= 0.6 is 15.6 Å². The first-order valence-corrected chi connectivity index (χ1v) is 42.5. The first-order chi connectivity index (χ1) is 47.7. The molecule has 0 radical (unpaired) electrons. The van der Waals surface area contributed by atoms with E-state index in [9.17, 15) is 43.2 Å². The highest BCUT2D eigenvalue weighted by molar-refractivity contribution is 7.47. The van der Waals surface area contributed by atoms with Crippen LogP contribution in [0.2, 0.25) is 0 Å². The number of allylic oxidation sites excluding steroid dienone is 9. The van der Waals surface area contributed by atoms with Gasteiger partial charge in [-0.2, -0.15) is 0 Å². The highest BCUT2D eigenvalue weighted by Crippen LogP contribution is 2.45. The number of hydrogen-bond acceptors (Lipinski definition) is 15. The Labute approximate surface area is 597 Å². The molecule has 0 aliphatic carbocycles. The summed E-state index contributed by atoms with van der Waals surface area (Å²) in [5.74, 6) is -2.28. The van der Waals surface area contributed by atoms with Gasteiger partial charge in [-0.25, -0.2) is 9.13 Å². The molecule has 0 heterocycles. The van der Waals surface area contributed by atoms with Crippen LogP contribution in [0.5, 0.6) is 0 Å². The average Bonchev–Trinajstić information content (AvgIpc) is 1.04. The summed E-state index contributed by atoms with van der Waals surface area (Å²) in [5, 5.41) is 10.6. The zero-order valence-corrected chi connectivity index (χ0v) is 64.3. The number of hydrogen-bond donors (Lipinski definition) is 3. The molecule has 0 aromatic carbocycles. The van der Waals surface area contributed by atoms with Crippen molar-refractivity contribution in [1.82, 2.24) is 0 Å². The van der Waals surface area contributed by atoms with Crippen LogP contribution in [-0.2, 0) is 65.4 Å². The molecule has 98 heavy (non-hydrogen) atoms. The van der Waals surface area contributed by atoms with Crippen molar-refractivity contribution >= 4 is 39.5 Å². The smallest absolute Gasteiger partial charge is 0.462 e. The second-order valence-corrected chi connectivity index (χ2v) is 29.6. The summed E-state index contributed by atoms with van der Waals surface area (Å²) >= 11 is 0. The van der Waals surface area contributed by atoms with Gasteiger partial charge in [0.05, 0.1) is 32.8 Å². The van der Waals surface area contributed by atoms with E-state index in [0.29, 0.717) is 25.7 Å². The number of esters is 4. The van der Waals surface area contributed by atoms with Crippen molar-refractivity contribution in [3.8, 4) is 0 Å². The standard InChI is InChI=1S/C79H144O17P2/c1-5-9-13-17-21-25-29-33-36-40-43-47-51-55-59-63-76(81)89-69-74(95-78(83)65-61-57-53-49-45-39-32-28-24-20-16-12-8-4)71-93-97(85,86)91-67-73(80)68-92-98(87,88)94-72-75(96-79(84)66-62-58-54-50-46-42-38-35-31-27-23-19-15-11-7-3)70-90-77(82)64-60-56-52-48-44-41-37-34-30-26-22-18-14-10-6-2/h10,14,22,26,34,37,44,48,56,60,73-75,80H,5-9,11-13,15-21,23-25,27-33,35-36,38-43,45-47,49-55,57-59,61-72H2,1-4H3,(H,85,86)(H,87,88)/b14-10-,26-22-,37-34-,48-44-,60-56-. The number of ether oxygens (including phenoxy) is 4. The molecule has 5 unspecified atom stereocenters. The Morgan fingerprint density at radius 2 is 0.531 bits per heavy atom. The zero-order valence-electron chi connectivity index (χ0n) is 62.5. The lowest BCUT2D eigenvalue weighted by atomic mass is 10.0. The van der Waals surface area contributed by atoms with Gasteiger partial charge in [-0.15, -0.1) is 0 Å². The summed E-state index contributed by atoms with van der Waals surface area (Å²) in [6, 6.07) is 0. The van der Waals surface area contributed by atoms with Crippen LogP contribution in [0.1, 0.15) is 362 Å². The molecule has 5 atom stereocenters. The Morgan fingerprint density at radius 1 is 0.296 bits per heavy atom. The number of unbranched alkanes of at least 4 members (excludes halogenated alkanes) is 40. The van der Waals surface area contributed by atoms with Crippen LogP contribution in [0.3, 0.4) is 0 Å². The number of aliphatic hydroxyl groups is 1. The third-order valence-electron chi connectivity index (χ3n) is 17.1. The van der Waals surface area contributed by atoms with Crippen molar-refractivity contribution in [3.05, 3.63) is 60.8 Å². The molecule has 572 valence electrons. The van der Waals surface area contributed by atoms with Crippen molar-refractivity contribution in [2.75, 3.05) is 39.6 Å². The number of phosphoric acid groups is 2. The minimum absolute atomic E-state index is 0.0653. The third-order valence-corrected chi connectivity index (χ3v) is 19.0. The Bertz CT molecular complexity index is 2100. The lowest BCUT2D eigenvalue weighted by molar-refractivity contribution is -0.161. The first-order valence-electron chi connectivity index (χ1n) is 39.5. The maximum absolute atomic E-state index is 13.1. The molecule has 0 saturated heterocycles. The molecular weight excluding hydrogens is 1280 g/mol. The van der Waals surface area contributed by atoms with E-state index in [2.05, 4.69) is 64.2 Å². The van der Waals surface area contributed by atoms with Gasteiger partial charge in [0.15, 0.2) is 12.2 Å². The van der Waals surface area contributed by atoms with Gasteiger partial charge in [-0.1, -0.05) is 345 Å². The predicted molar refractivity (Wildman–Crippen MR) is 400 cm³/mol.